The molecule has 0 atom stereocenters. The van der Waals surface area contributed by atoms with E-state index in [1.807, 2.05) is 50.6 Å². The van der Waals surface area contributed by atoms with Crippen molar-refractivity contribution < 1.29 is 23.8 Å². The molecule has 2 aromatic carbocycles. The fourth-order valence-corrected chi connectivity index (χ4v) is 5.19. The fraction of sp³-hybridized carbons (Fsp3) is 0.375. The standard InChI is InChI=1S/C32H34FN5O4/c1-32(2,3)42-27-16-23(31(39)40)15-26-30(27)36-28(37(26)4)18-38-12-10-21(11-13-38)25-6-5-7-29(35-25)41-19-22-9-8-20(17-34)14-24(22)33/h5-9,14-16,21H,10-13,18-19H2,1-4H3,(H,39,40). The van der Waals surface area contributed by atoms with E-state index in [9.17, 15) is 14.3 Å². The molecule has 0 unspecified atom stereocenters. The third-order valence-corrected chi connectivity index (χ3v) is 7.38. The Morgan fingerprint density at radius 2 is 1.90 bits per heavy atom. The second-order valence-electron chi connectivity index (χ2n) is 11.6. The number of likely N-dealkylation sites (tertiary alicyclic amines) is 1. The molecule has 5 rings (SSSR count). The molecule has 1 saturated heterocycles. The first-order valence-electron chi connectivity index (χ1n) is 13.9. The Bertz CT molecular complexity index is 1660. The van der Waals surface area contributed by atoms with Gasteiger partial charge in [0.2, 0.25) is 5.88 Å². The van der Waals surface area contributed by atoms with Crippen LogP contribution < -0.4 is 9.47 Å². The van der Waals surface area contributed by atoms with Crippen LogP contribution in [0.5, 0.6) is 11.6 Å². The Hall–Kier alpha value is -4.49. The van der Waals surface area contributed by atoms with Crippen LogP contribution in [0.15, 0.2) is 48.5 Å². The minimum Gasteiger partial charge on any atom is -0.486 e. The van der Waals surface area contributed by atoms with Crippen LogP contribution in [0.25, 0.3) is 11.0 Å². The van der Waals surface area contributed by atoms with Gasteiger partial charge in [0.1, 0.15) is 35.1 Å². The number of rotatable bonds is 8. The van der Waals surface area contributed by atoms with Crippen LogP contribution >= 0.6 is 0 Å². The van der Waals surface area contributed by atoms with Gasteiger partial charge in [-0.1, -0.05) is 12.1 Å². The van der Waals surface area contributed by atoms with Gasteiger partial charge in [-0.25, -0.2) is 19.2 Å². The van der Waals surface area contributed by atoms with Crippen molar-refractivity contribution in [3.63, 3.8) is 0 Å². The van der Waals surface area contributed by atoms with Gasteiger partial charge in [0.25, 0.3) is 0 Å². The number of aromatic carboxylic acids is 1. The third kappa shape index (κ3) is 6.52. The second kappa shape index (κ2) is 11.8. The molecule has 1 aliphatic rings. The zero-order chi connectivity index (χ0) is 30.0. The van der Waals surface area contributed by atoms with Crippen LogP contribution in [-0.4, -0.2) is 49.2 Å². The molecule has 1 N–H and O–H groups in total. The number of carboxylic acid groups (broad SMARTS) is 1. The number of nitriles is 1. The quantitative estimate of drug-likeness (QED) is 0.282. The lowest BCUT2D eigenvalue weighted by Crippen LogP contribution is -2.33. The molecule has 10 heteroatoms. The Labute approximate surface area is 244 Å². The summed E-state index contributed by atoms with van der Waals surface area (Å²) in [5.74, 6) is 0.527. The SMILES string of the molecule is Cn1c(CN2CCC(c3cccc(OCc4ccc(C#N)cc4F)n3)CC2)nc2c(OC(C)(C)C)cc(C(=O)O)cc21. The number of halogens is 1. The number of hydrogen-bond donors (Lipinski definition) is 1. The lowest BCUT2D eigenvalue weighted by Gasteiger charge is -2.31. The average molecular weight is 572 g/mol. The van der Waals surface area contributed by atoms with Gasteiger partial charge in [0.05, 0.1) is 29.3 Å². The summed E-state index contributed by atoms with van der Waals surface area (Å²) in [5, 5.41) is 18.6. The first-order valence-corrected chi connectivity index (χ1v) is 13.9. The molecule has 0 amide bonds. The summed E-state index contributed by atoms with van der Waals surface area (Å²) in [7, 11) is 1.91. The number of imidazole rings is 1. The van der Waals surface area contributed by atoms with Crippen molar-refractivity contribution in [2.45, 2.75) is 58.3 Å². The smallest absolute Gasteiger partial charge is 0.335 e. The van der Waals surface area contributed by atoms with Crippen LogP contribution in [0, 0.1) is 17.1 Å². The van der Waals surface area contributed by atoms with Gasteiger partial charge < -0.3 is 19.1 Å². The maximum atomic E-state index is 14.2. The van der Waals surface area contributed by atoms with E-state index < -0.39 is 17.4 Å². The largest absolute Gasteiger partial charge is 0.486 e. The molecule has 0 radical (unpaired) electrons. The number of fused-ring (bicyclic) bond motifs is 1. The number of aromatic nitrogens is 3. The lowest BCUT2D eigenvalue weighted by molar-refractivity contribution is 0.0695. The Morgan fingerprint density at radius 3 is 2.57 bits per heavy atom. The van der Waals surface area contributed by atoms with E-state index in [1.165, 1.54) is 6.07 Å². The van der Waals surface area contributed by atoms with Crippen molar-refractivity contribution in [3.8, 4) is 17.7 Å². The van der Waals surface area contributed by atoms with Crippen LogP contribution in [-0.2, 0) is 20.2 Å². The summed E-state index contributed by atoms with van der Waals surface area (Å²) in [5.41, 5.74) is 2.63. The number of ether oxygens (including phenoxy) is 2. The summed E-state index contributed by atoms with van der Waals surface area (Å²) in [4.78, 5) is 23.7. The van der Waals surface area contributed by atoms with E-state index in [4.69, 9.17) is 24.7 Å². The molecule has 0 aliphatic carbocycles. The summed E-state index contributed by atoms with van der Waals surface area (Å²) in [6.45, 7) is 8.12. The Kier molecular flexibility index (Phi) is 8.14. The van der Waals surface area contributed by atoms with E-state index in [-0.39, 0.29) is 23.7 Å². The normalized spacial score (nSPS) is 14.6. The summed E-state index contributed by atoms with van der Waals surface area (Å²) >= 11 is 0. The van der Waals surface area contributed by atoms with Gasteiger partial charge in [-0.2, -0.15) is 5.26 Å². The molecule has 3 heterocycles. The van der Waals surface area contributed by atoms with Gasteiger partial charge in [0, 0.05) is 30.3 Å². The summed E-state index contributed by atoms with van der Waals surface area (Å²) in [6, 6.07) is 15.1. The minimum atomic E-state index is -1.01. The Morgan fingerprint density at radius 1 is 1.14 bits per heavy atom. The molecular weight excluding hydrogens is 537 g/mol. The monoisotopic (exact) mass is 571 g/mol. The highest BCUT2D eigenvalue weighted by Gasteiger charge is 2.25. The summed E-state index contributed by atoms with van der Waals surface area (Å²) < 4.78 is 28.1. The van der Waals surface area contributed by atoms with Crippen molar-refractivity contribution in [2.75, 3.05) is 13.1 Å². The van der Waals surface area contributed by atoms with Crippen molar-refractivity contribution in [1.29, 1.82) is 5.26 Å². The number of pyridine rings is 1. The molecule has 1 fully saturated rings. The molecule has 4 aromatic rings. The van der Waals surface area contributed by atoms with E-state index in [0.29, 0.717) is 29.3 Å². The first kappa shape index (κ1) is 29.0. The van der Waals surface area contributed by atoms with Crippen LogP contribution in [0.1, 0.15) is 72.5 Å². The molecule has 0 spiro atoms. The topological polar surface area (TPSA) is 114 Å². The van der Waals surface area contributed by atoms with Gasteiger partial charge in [-0.3, -0.25) is 4.90 Å². The van der Waals surface area contributed by atoms with Gasteiger partial charge >= 0.3 is 5.97 Å². The van der Waals surface area contributed by atoms with Crippen molar-refractivity contribution in [3.05, 3.63) is 82.6 Å². The van der Waals surface area contributed by atoms with E-state index in [1.54, 1.807) is 30.3 Å². The molecule has 218 valence electrons. The molecule has 0 bridgehead atoms. The fourth-order valence-electron chi connectivity index (χ4n) is 5.19. The van der Waals surface area contributed by atoms with E-state index in [2.05, 4.69) is 4.90 Å². The Balaban J connectivity index is 1.24. The highest BCUT2D eigenvalue weighted by molar-refractivity contribution is 5.95. The molecule has 42 heavy (non-hydrogen) atoms. The number of aryl methyl sites for hydroxylation is 1. The van der Waals surface area contributed by atoms with Crippen molar-refractivity contribution >= 4 is 17.0 Å². The number of hydrogen-bond acceptors (Lipinski definition) is 7. The number of carboxylic acids is 1. The first-order chi connectivity index (χ1) is 20.0. The number of nitrogens with zero attached hydrogens (tertiary/aromatic N) is 5. The van der Waals surface area contributed by atoms with Crippen molar-refractivity contribution in [1.82, 2.24) is 19.4 Å². The summed E-state index contributed by atoms with van der Waals surface area (Å²) in [6.07, 6.45) is 1.82. The lowest BCUT2D eigenvalue weighted by atomic mass is 9.93. The maximum Gasteiger partial charge on any atom is 0.335 e. The predicted octanol–water partition coefficient (Wildman–Crippen LogP) is 5.81. The minimum absolute atomic E-state index is 0.0287. The molecule has 2 aromatic heterocycles. The van der Waals surface area contributed by atoms with Crippen molar-refractivity contribution in [2.24, 2.45) is 7.05 Å². The second-order valence-corrected chi connectivity index (χ2v) is 11.6. The van der Waals surface area contributed by atoms with Crippen LogP contribution in [0.2, 0.25) is 0 Å². The number of piperidine rings is 1. The highest BCUT2D eigenvalue weighted by atomic mass is 19.1. The zero-order valence-electron chi connectivity index (χ0n) is 24.2. The molecule has 9 nitrogen and oxygen atoms in total. The zero-order valence-corrected chi connectivity index (χ0v) is 24.2. The van der Waals surface area contributed by atoms with Gasteiger partial charge in [-0.15, -0.1) is 0 Å². The van der Waals surface area contributed by atoms with E-state index >= 15 is 0 Å². The third-order valence-electron chi connectivity index (χ3n) is 7.38. The highest BCUT2D eigenvalue weighted by Crippen LogP contribution is 2.32. The molecular formula is C32H34FN5O4. The predicted molar refractivity (Wildman–Crippen MR) is 155 cm³/mol. The molecule has 1 aliphatic heterocycles. The maximum absolute atomic E-state index is 14.2. The molecule has 0 saturated carbocycles. The van der Waals surface area contributed by atoms with Gasteiger partial charge in [-0.05, 0) is 77.0 Å². The number of benzene rings is 2. The average Bonchev–Trinajstić information content (AvgIpc) is 3.27. The van der Waals surface area contributed by atoms with E-state index in [0.717, 1.165) is 43.0 Å². The van der Waals surface area contributed by atoms with Crippen LogP contribution in [0.3, 0.4) is 0 Å². The van der Waals surface area contributed by atoms with Crippen LogP contribution in [0.4, 0.5) is 4.39 Å². The van der Waals surface area contributed by atoms with Gasteiger partial charge in [0.15, 0.2) is 0 Å². The number of carbonyl (C=O) groups is 1.